The Bertz CT molecular complexity index is 447. The van der Waals surface area contributed by atoms with Gasteiger partial charge in [0.05, 0.1) is 25.9 Å². The van der Waals surface area contributed by atoms with Gasteiger partial charge in [-0.1, -0.05) is 6.07 Å². The van der Waals surface area contributed by atoms with Crippen LogP contribution in [0.1, 0.15) is 5.56 Å². The highest BCUT2D eigenvalue weighted by Gasteiger charge is 2.27. The molecule has 1 unspecified atom stereocenters. The molecule has 18 heavy (non-hydrogen) atoms. The van der Waals surface area contributed by atoms with Crippen molar-refractivity contribution >= 4 is 11.7 Å². The van der Waals surface area contributed by atoms with E-state index in [-0.39, 0.29) is 0 Å². The summed E-state index contributed by atoms with van der Waals surface area (Å²) >= 11 is 0. The fourth-order valence-corrected chi connectivity index (χ4v) is 2.06. The summed E-state index contributed by atoms with van der Waals surface area (Å²) < 4.78 is 10.5. The van der Waals surface area contributed by atoms with Gasteiger partial charge in [0.15, 0.2) is 6.10 Å². The number of ether oxygens (including phenoxy) is 2. The molecule has 0 spiro atoms. The van der Waals surface area contributed by atoms with Crippen LogP contribution in [0.4, 0.5) is 5.69 Å². The number of carbonyl (C=O) groups is 1. The predicted octanol–water partition coefficient (Wildman–Crippen LogP) is 1.29. The molecule has 0 saturated carbocycles. The van der Waals surface area contributed by atoms with E-state index in [4.69, 9.17) is 14.6 Å². The van der Waals surface area contributed by atoms with Crippen LogP contribution < -0.4 is 9.64 Å². The average Bonchev–Trinajstić information content (AvgIpc) is 2.39. The Labute approximate surface area is 106 Å². The number of carboxylic acids is 1. The summed E-state index contributed by atoms with van der Waals surface area (Å²) in [5, 5.41) is 9.00. The lowest BCUT2D eigenvalue weighted by Crippen LogP contribution is -2.46. The fourth-order valence-electron chi connectivity index (χ4n) is 2.06. The maximum Gasteiger partial charge on any atom is 0.334 e. The van der Waals surface area contributed by atoms with E-state index in [1.807, 2.05) is 30.0 Å². The molecular formula is C13H17NO4. The van der Waals surface area contributed by atoms with Crippen molar-refractivity contribution in [1.29, 1.82) is 0 Å². The van der Waals surface area contributed by atoms with Crippen molar-refractivity contribution in [2.75, 3.05) is 31.7 Å². The Morgan fingerprint density at radius 3 is 3.00 bits per heavy atom. The monoisotopic (exact) mass is 251 g/mol. The summed E-state index contributed by atoms with van der Waals surface area (Å²) in [6.45, 7) is 3.42. The highest BCUT2D eigenvalue weighted by molar-refractivity contribution is 5.74. The second-order valence-corrected chi connectivity index (χ2v) is 4.32. The first-order chi connectivity index (χ1) is 8.61. The maximum absolute atomic E-state index is 11.0. The van der Waals surface area contributed by atoms with Gasteiger partial charge in [-0.05, 0) is 24.6 Å². The maximum atomic E-state index is 11.0. The zero-order chi connectivity index (χ0) is 13.1. The van der Waals surface area contributed by atoms with E-state index < -0.39 is 12.1 Å². The van der Waals surface area contributed by atoms with Crippen LogP contribution in [0.2, 0.25) is 0 Å². The minimum atomic E-state index is -0.925. The summed E-state index contributed by atoms with van der Waals surface area (Å²) in [6.07, 6.45) is -0.774. The largest absolute Gasteiger partial charge is 0.495 e. The van der Waals surface area contributed by atoms with Crippen molar-refractivity contribution in [2.24, 2.45) is 0 Å². The first kappa shape index (κ1) is 12.7. The molecule has 1 aromatic rings. The lowest BCUT2D eigenvalue weighted by Gasteiger charge is -2.33. The van der Waals surface area contributed by atoms with Gasteiger partial charge in [-0.3, -0.25) is 0 Å². The van der Waals surface area contributed by atoms with E-state index in [2.05, 4.69) is 0 Å². The van der Waals surface area contributed by atoms with Gasteiger partial charge in [0.1, 0.15) is 5.75 Å². The van der Waals surface area contributed by atoms with Gasteiger partial charge >= 0.3 is 5.97 Å². The Kier molecular flexibility index (Phi) is 3.72. The Morgan fingerprint density at radius 2 is 2.33 bits per heavy atom. The molecule has 5 nitrogen and oxygen atoms in total. The van der Waals surface area contributed by atoms with Crippen LogP contribution in [0.15, 0.2) is 18.2 Å². The SMILES string of the molecule is COc1ccc(C)cc1N1CCOC(C(=O)O)C1. The summed E-state index contributed by atoms with van der Waals surface area (Å²) in [4.78, 5) is 13.0. The number of hydrogen-bond donors (Lipinski definition) is 1. The minimum Gasteiger partial charge on any atom is -0.495 e. The highest BCUT2D eigenvalue weighted by Crippen LogP contribution is 2.30. The molecule has 0 aliphatic carbocycles. The van der Waals surface area contributed by atoms with E-state index in [1.165, 1.54) is 0 Å². The van der Waals surface area contributed by atoms with Gasteiger partial charge in [-0.15, -0.1) is 0 Å². The van der Waals surface area contributed by atoms with Gasteiger partial charge in [-0.2, -0.15) is 0 Å². The lowest BCUT2D eigenvalue weighted by molar-refractivity contribution is -0.150. The molecule has 1 saturated heterocycles. The number of nitrogens with zero attached hydrogens (tertiary/aromatic N) is 1. The first-order valence-corrected chi connectivity index (χ1v) is 5.86. The third-order valence-electron chi connectivity index (χ3n) is 3.02. The van der Waals surface area contributed by atoms with Crippen LogP contribution in [0.3, 0.4) is 0 Å². The van der Waals surface area contributed by atoms with Crippen molar-refractivity contribution in [2.45, 2.75) is 13.0 Å². The zero-order valence-electron chi connectivity index (χ0n) is 10.5. The van der Waals surface area contributed by atoms with Crippen molar-refractivity contribution < 1.29 is 19.4 Å². The molecule has 0 radical (unpaired) electrons. The predicted molar refractivity (Wildman–Crippen MR) is 67.3 cm³/mol. The molecule has 1 aromatic carbocycles. The van der Waals surface area contributed by atoms with Gasteiger partial charge in [0.25, 0.3) is 0 Å². The third-order valence-corrected chi connectivity index (χ3v) is 3.02. The molecule has 0 bridgehead atoms. The normalized spacial score (nSPS) is 19.7. The molecule has 1 atom stereocenters. The van der Waals surface area contributed by atoms with Crippen LogP contribution >= 0.6 is 0 Å². The summed E-state index contributed by atoms with van der Waals surface area (Å²) in [7, 11) is 1.61. The first-order valence-electron chi connectivity index (χ1n) is 5.86. The Morgan fingerprint density at radius 1 is 1.56 bits per heavy atom. The third kappa shape index (κ3) is 2.56. The molecule has 1 fully saturated rings. The Hall–Kier alpha value is -1.75. The molecule has 0 aromatic heterocycles. The summed E-state index contributed by atoms with van der Waals surface area (Å²) in [5.74, 6) is -0.169. The Balaban J connectivity index is 2.25. The van der Waals surface area contributed by atoms with E-state index in [0.29, 0.717) is 19.7 Å². The number of aryl methyl sites for hydroxylation is 1. The number of benzene rings is 1. The van der Waals surface area contributed by atoms with Gasteiger partial charge in [0, 0.05) is 6.54 Å². The standard InChI is InChI=1S/C13H17NO4/c1-9-3-4-11(17-2)10(7-9)14-5-6-18-12(8-14)13(15)16/h3-4,7,12H,5-6,8H2,1-2H3,(H,15,16). The minimum absolute atomic E-state index is 0.342. The zero-order valence-corrected chi connectivity index (χ0v) is 10.5. The molecule has 1 heterocycles. The summed E-state index contributed by atoms with van der Waals surface area (Å²) in [5.41, 5.74) is 2.04. The number of anilines is 1. The quantitative estimate of drug-likeness (QED) is 0.877. The van der Waals surface area contributed by atoms with Gasteiger partial charge in [0.2, 0.25) is 0 Å². The molecule has 5 heteroatoms. The lowest BCUT2D eigenvalue weighted by atomic mass is 10.1. The second kappa shape index (κ2) is 5.27. The molecular weight excluding hydrogens is 234 g/mol. The molecule has 1 aliphatic heterocycles. The molecule has 98 valence electrons. The van der Waals surface area contributed by atoms with Crippen LogP contribution in [-0.4, -0.2) is 44.0 Å². The van der Waals surface area contributed by atoms with Gasteiger partial charge in [-0.25, -0.2) is 4.79 Å². The number of rotatable bonds is 3. The molecule has 0 amide bonds. The average molecular weight is 251 g/mol. The van der Waals surface area contributed by atoms with Crippen LogP contribution in [0.25, 0.3) is 0 Å². The topological polar surface area (TPSA) is 59.0 Å². The highest BCUT2D eigenvalue weighted by atomic mass is 16.5. The number of morpholine rings is 1. The fraction of sp³-hybridized carbons (Fsp3) is 0.462. The number of methoxy groups -OCH3 is 1. The molecule has 1 N–H and O–H groups in total. The number of hydrogen-bond acceptors (Lipinski definition) is 4. The molecule has 1 aliphatic rings. The number of aliphatic carboxylic acids is 1. The van der Waals surface area contributed by atoms with Crippen LogP contribution in [0, 0.1) is 6.92 Å². The van der Waals surface area contributed by atoms with Crippen molar-refractivity contribution in [1.82, 2.24) is 0 Å². The van der Waals surface area contributed by atoms with E-state index >= 15 is 0 Å². The van der Waals surface area contributed by atoms with Crippen molar-refractivity contribution in [3.05, 3.63) is 23.8 Å². The van der Waals surface area contributed by atoms with Gasteiger partial charge < -0.3 is 19.5 Å². The van der Waals surface area contributed by atoms with Crippen LogP contribution in [0.5, 0.6) is 5.75 Å². The van der Waals surface area contributed by atoms with Crippen molar-refractivity contribution in [3.8, 4) is 5.75 Å². The second-order valence-electron chi connectivity index (χ2n) is 4.32. The van der Waals surface area contributed by atoms with E-state index in [0.717, 1.165) is 17.0 Å². The van der Waals surface area contributed by atoms with Crippen LogP contribution in [-0.2, 0) is 9.53 Å². The van der Waals surface area contributed by atoms with Crippen molar-refractivity contribution in [3.63, 3.8) is 0 Å². The smallest absolute Gasteiger partial charge is 0.334 e. The molecule has 2 rings (SSSR count). The summed E-state index contributed by atoms with van der Waals surface area (Å²) in [6, 6.07) is 5.87. The van der Waals surface area contributed by atoms with E-state index in [9.17, 15) is 4.79 Å². The van der Waals surface area contributed by atoms with E-state index in [1.54, 1.807) is 7.11 Å². The number of carboxylic acid groups (broad SMARTS) is 1.